The zero-order valence-corrected chi connectivity index (χ0v) is 23.7. The topological polar surface area (TPSA) is 163 Å². The zero-order chi connectivity index (χ0) is 32.2. The fraction of sp³-hybridized carbons (Fsp3) is 0.300. The molecule has 3 heterocycles. The van der Waals surface area contributed by atoms with Gasteiger partial charge in [-0.1, -0.05) is 36.4 Å². The molecular weight excluding hydrogens is 600 g/mol. The van der Waals surface area contributed by atoms with Gasteiger partial charge in [0.1, 0.15) is 17.2 Å². The average Bonchev–Trinajstić information content (AvgIpc) is 3.38. The van der Waals surface area contributed by atoms with Gasteiger partial charge >= 0.3 is 12.1 Å². The van der Waals surface area contributed by atoms with E-state index in [4.69, 9.17) is 18.9 Å². The van der Waals surface area contributed by atoms with E-state index in [1.165, 1.54) is 9.47 Å². The summed E-state index contributed by atoms with van der Waals surface area (Å²) in [6.07, 6.45) is -2.71. The molecule has 0 bridgehead atoms. The molecular formula is C30H27F2N3O10. The number of carboxylic acid groups (broad SMARTS) is 1. The van der Waals surface area contributed by atoms with E-state index in [9.17, 15) is 37.9 Å². The van der Waals surface area contributed by atoms with Crippen molar-refractivity contribution in [3.05, 3.63) is 99.0 Å². The van der Waals surface area contributed by atoms with Gasteiger partial charge in [-0.15, -0.1) is 0 Å². The van der Waals surface area contributed by atoms with Gasteiger partial charge in [0, 0.05) is 30.8 Å². The van der Waals surface area contributed by atoms with Crippen LogP contribution in [-0.2, 0) is 38.5 Å². The average molecular weight is 628 g/mol. The van der Waals surface area contributed by atoms with E-state index in [1.807, 2.05) is 0 Å². The Hall–Kier alpha value is -5.31. The lowest BCUT2D eigenvalue weighted by molar-refractivity contribution is -0.148. The normalized spacial score (nSPS) is 17.6. The van der Waals surface area contributed by atoms with Crippen LogP contribution in [0.1, 0.15) is 38.9 Å². The summed E-state index contributed by atoms with van der Waals surface area (Å²) in [5.41, 5.74) is -1.22. The summed E-state index contributed by atoms with van der Waals surface area (Å²) < 4.78 is 49.5. The molecule has 0 spiro atoms. The van der Waals surface area contributed by atoms with Gasteiger partial charge in [0.2, 0.25) is 24.1 Å². The lowest BCUT2D eigenvalue weighted by Gasteiger charge is -2.34. The van der Waals surface area contributed by atoms with E-state index in [0.29, 0.717) is 11.6 Å². The third kappa shape index (κ3) is 6.77. The molecule has 0 saturated carbocycles. The van der Waals surface area contributed by atoms with Crippen molar-refractivity contribution in [2.45, 2.75) is 44.8 Å². The zero-order valence-electron chi connectivity index (χ0n) is 23.7. The van der Waals surface area contributed by atoms with Crippen molar-refractivity contribution in [2.24, 2.45) is 0 Å². The molecule has 2 N–H and O–H groups in total. The number of halogens is 2. The Morgan fingerprint density at radius 1 is 1.13 bits per heavy atom. The summed E-state index contributed by atoms with van der Waals surface area (Å²) in [7, 11) is 0. The minimum Gasteiger partial charge on any atom is -0.478 e. The molecule has 2 amide bonds. The van der Waals surface area contributed by atoms with Crippen LogP contribution in [0.4, 0.5) is 13.6 Å². The Kier molecular flexibility index (Phi) is 9.08. The van der Waals surface area contributed by atoms with E-state index in [-0.39, 0.29) is 43.4 Å². The standard InChI is InChI=1S/C30H27F2N3O10/c1-16-14-42-23-13-34-12-20(27(37)33-11-18-7-8-19(31)10-21(18)32)25(36)26(24(34)28(38)35(16)23)43-15-44-30(41)45-22(29(39)40)9-17-5-3-2-4-6-17/h2-8,10,12,16,22-23H,9,11,13-15H2,1H3,(H,33,37)(H,39,40)/t16-,22?,23+/m0/s1. The molecule has 2 aromatic carbocycles. The maximum absolute atomic E-state index is 14.1. The smallest absolute Gasteiger partial charge is 0.478 e. The predicted octanol–water partition coefficient (Wildman–Crippen LogP) is 2.44. The third-order valence-corrected chi connectivity index (χ3v) is 7.20. The van der Waals surface area contributed by atoms with Crippen LogP contribution in [0.5, 0.6) is 5.75 Å². The monoisotopic (exact) mass is 627 g/mol. The molecule has 0 radical (unpaired) electrons. The Labute approximate surface area is 253 Å². The second-order valence-electron chi connectivity index (χ2n) is 10.3. The van der Waals surface area contributed by atoms with E-state index in [0.717, 1.165) is 18.3 Å². The first-order valence-electron chi connectivity index (χ1n) is 13.7. The number of nitrogens with one attached hydrogen (secondary N) is 1. The van der Waals surface area contributed by atoms with Crippen LogP contribution in [0.3, 0.4) is 0 Å². The first kappa shape index (κ1) is 31.1. The largest absolute Gasteiger partial charge is 0.512 e. The van der Waals surface area contributed by atoms with Crippen molar-refractivity contribution in [2.75, 3.05) is 13.4 Å². The first-order chi connectivity index (χ1) is 21.5. The lowest BCUT2D eigenvalue weighted by Crippen LogP contribution is -2.49. The number of ether oxygens (including phenoxy) is 4. The fourth-order valence-electron chi connectivity index (χ4n) is 4.99. The molecule has 1 unspecified atom stereocenters. The van der Waals surface area contributed by atoms with Crippen LogP contribution in [0.2, 0.25) is 0 Å². The number of hydrogen-bond donors (Lipinski definition) is 2. The summed E-state index contributed by atoms with van der Waals surface area (Å²) in [5.74, 6) is -5.35. The van der Waals surface area contributed by atoms with Crippen LogP contribution < -0.4 is 15.5 Å². The number of amides is 2. The molecule has 45 heavy (non-hydrogen) atoms. The van der Waals surface area contributed by atoms with Gasteiger partial charge in [-0.05, 0) is 18.6 Å². The molecule has 2 aliphatic heterocycles. The molecule has 13 nitrogen and oxygen atoms in total. The Morgan fingerprint density at radius 3 is 2.60 bits per heavy atom. The second-order valence-corrected chi connectivity index (χ2v) is 10.3. The van der Waals surface area contributed by atoms with Crippen LogP contribution in [-0.4, -0.2) is 70.3 Å². The third-order valence-electron chi connectivity index (χ3n) is 7.20. The number of aromatic nitrogens is 1. The van der Waals surface area contributed by atoms with Crippen LogP contribution >= 0.6 is 0 Å². The highest BCUT2D eigenvalue weighted by molar-refractivity contribution is 5.99. The van der Waals surface area contributed by atoms with E-state index in [1.54, 1.807) is 37.3 Å². The number of hydrogen-bond acceptors (Lipinski definition) is 9. The maximum atomic E-state index is 14.1. The number of carboxylic acids is 1. The van der Waals surface area contributed by atoms with Gasteiger partial charge in [0.15, 0.2) is 11.9 Å². The van der Waals surface area contributed by atoms with Crippen molar-refractivity contribution in [1.82, 2.24) is 14.8 Å². The summed E-state index contributed by atoms with van der Waals surface area (Å²) in [6.45, 7) is 0.632. The lowest BCUT2D eigenvalue weighted by atomic mass is 10.1. The van der Waals surface area contributed by atoms with E-state index in [2.05, 4.69) is 5.32 Å². The first-order valence-corrected chi connectivity index (χ1v) is 13.7. The molecule has 236 valence electrons. The van der Waals surface area contributed by atoms with Gasteiger partial charge in [0.05, 0.1) is 19.2 Å². The van der Waals surface area contributed by atoms with Gasteiger partial charge in [-0.25, -0.2) is 18.4 Å². The molecule has 1 saturated heterocycles. The van der Waals surface area contributed by atoms with Gasteiger partial charge in [0.25, 0.3) is 11.8 Å². The van der Waals surface area contributed by atoms with E-state index < -0.39 is 71.4 Å². The Morgan fingerprint density at radius 2 is 1.89 bits per heavy atom. The predicted molar refractivity (Wildman–Crippen MR) is 148 cm³/mol. The van der Waals surface area contributed by atoms with Crippen LogP contribution in [0.15, 0.2) is 59.5 Å². The number of aliphatic carboxylic acids is 1. The van der Waals surface area contributed by atoms with Crippen molar-refractivity contribution in [1.29, 1.82) is 0 Å². The molecule has 1 fully saturated rings. The van der Waals surface area contributed by atoms with Crippen molar-refractivity contribution in [3.63, 3.8) is 0 Å². The number of pyridine rings is 1. The summed E-state index contributed by atoms with van der Waals surface area (Å²) in [4.78, 5) is 65.4. The minimum absolute atomic E-state index is 0.0254. The van der Waals surface area contributed by atoms with Crippen molar-refractivity contribution in [3.8, 4) is 5.75 Å². The SMILES string of the molecule is C[C@H]1CO[C@@H]2Cn3cc(C(=O)NCc4ccc(F)cc4F)c(=O)c(OCOC(=O)OC(Cc4ccccc4)C(=O)O)c3C(=O)N12. The number of carbonyl (C=O) groups excluding carboxylic acids is 3. The molecule has 5 rings (SSSR count). The van der Waals surface area contributed by atoms with Gasteiger partial charge in [-0.3, -0.25) is 14.4 Å². The second kappa shape index (κ2) is 13.1. The quantitative estimate of drug-likeness (QED) is 0.252. The molecule has 3 atom stereocenters. The highest BCUT2D eigenvalue weighted by Crippen LogP contribution is 2.30. The maximum Gasteiger partial charge on any atom is 0.512 e. The Balaban J connectivity index is 1.35. The molecule has 15 heteroatoms. The summed E-state index contributed by atoms with van der Waals surface area (Å²) in [6, 6.07) is 10.9. The molecule has 2 aliphatic rings. The highest BCUT2D eigenvalue weighted by atomic mass is 19.1. The molecule has 1 aromatic heterocycles. The van der Waals surface area contributed by atoms with Crippen molar-refractivity contribution < 1.29 is 52.0 Å². The van der Waals surface area contributed by atoms with Crippen LogP contribution in [0, 0.1) is 11.6 Å². The molecule has 3 aromatic rings. The van der Waals surface area contributed by atoms with Crippen molar-refractivity contribution >= 4 is 23.9 Å². The van der Waals surface area contributed by atoms with Gasteiger partial charge < -0.3 is 38.8 Å². The Bertz CT molecular complexity index is 1700. The number of carbonyl (C=O) groups is 4. The van der Waals surface area contributed by atoms with E-state index >= 15 is 0 Å². The number of nitrogens with zero attached hydrogens (tertiary/aromatic N) is 2. The highest BCUT2D eigenvalue weighted by Gasteiger charge is 2.43. The summed E-state index contributed by atoms with van der Waals surface area (Å²) in [5, 5.41) is 11.9. The minimum atomic E-state index is -1.59. The van der Waals surface area contributed by atoms with Gasteiger partial charge in [-0.2, -0.15) is 0 Å². The number of fused-ring (bicyclic) bond motifs is 2. The molecule has 0 aliphatic carbocycles. The number of rotatable bonds is 10. The number of benzene rings is 2. The van der Waals surface area contributed by atoms with Crippen LogP contribution in [0.25, 0.3) is 0 Å². The fourth-order valence-corrected chi connectivity index (χ4v) is 4.99. The summed E-state index contributed by atoms with van der Waals surface area (Å²) >= 11 is 0.